The number of hydrogen-bond donors (Lipinski definition) is 3. The summed E-state index contributed by atoms with van der Waals surface area (Å²) in [6.07, 6.45) is 3.62. The summed E-state index contributed by atoms with van der Waals surface area (Å²) in [5.74, 6) is 6.08. The Bertz CT molecular complexity index is 519. The summed E-state index contributed by atoms with van der Waals surface area (Å²) < 4.78 is 0. The predicted octanol–water partition coefficient (Wildman–Crippen LogP) is 0.924. The lowest BCUT2D eigenvalue weighted by Crippen LogP contribution is -2.28. The van der Waals surface area contributed by atoms with Crippen molar-refractivity contribution in [3.63, 3.8) is 0 Å². The van der Waals surface area contributed by atoms with E-state index in [1.807, 2.05) is 0 Å². The van der Waals surface area contributed by atoms with E-state index in [0.717, 1.165) is 25.6 Å². The summed E-state index contributed by atoms with van der Waals surface area (Å²) in [6, 6.07) is 3.80. The maximum atomic E-state index is 10.9. The van der Waals surface area contributed by atoms with E-state index in [2.05, 4.69) is 20.6 Å². The molecule has 108 valence electrons. The van der Waals surface area contributed by atoms with E-state index in [4.69, 9.17) is 5.84 Å². The molecular weight excluding hydrogens is 260 g/mol. The number of aromatic nitrogens is 1. The number of hydrazine groups is 1. The highest BCUT2D eigenvalue weighted by molar-refractivity contribution is 5.54. The number of nitrogen functional groups attached to an aromatic ring is 1. The van der Waals surface area contributed by atoms with Crippen LogP contribution in [0, 0.1) is 10.1 Å². The maximum absolute atomic E-state index is 10.9. The van der Waals surface area contributed by atoms with Gasteiger partial charge >= 0.3 is 0 Å². The molecule has 1 aromatic heterocycles. The second-order valence-electron chi connectivity index (χ2n) is 5.35. The first-order chi connectivity index (χ1) is 9.65. The first-order valence-electron chi connectivity index (χ1n) is 6.79. The van der Waals surface area contributed by atoms with Crippen LogP contribution in [0.15, 0.2) is 12.1 Å². The lowest BCUT2D eigenvalue weighted by Gasteiger charge is -2.16. The zero-order valence-electron chi connectivity index (χ0n) is 11.1. The van der Waals surface area contributed by atoms with Gasteiger partial charge in [-0.3, -0.25) is 15.0 Å². The van der Waals surface area contributed by atoms with E-state index >= 15 is 0 Å². The van der Waals surface area contributed by atoms with Crippen molar-refractivity contribution >= 4 is 17.3 Å². The monoisotopic (exact) mass is 278 g/mol. The van der Waals surface area contributed by atoms with Gasteiger partial charge in [0.25, 0.3) is 5.69 Å². The average Bonchev–Trinajstić information content (AvgIpc) is 3.19. The molecule has 1 saturated carbocycles. The third-order valence-electron chi connectivity index (χ3n) is 3.80. The Balaban J connectivity index is 1.70. The standard InChI is InChI=1S/C12H18N6O2/c13-16-12-6-10(18(19)20)5-11(15-12)14-8-3-4-17(7-8)9-1-2-9/h5-6,8-9H,1-4,7,13H2,(H2,14,15,16). The topological polar surface area (TPSA) is 109 Å². The van der Waals surface area contributed by atoms with Gasteiger partial charge in [-0.1, -0.05) is 0 Å². The quantitative estimate of drug-likeness (QED) is 0.417. The van der Waals surface area contributed by atoms with Crippen molar-refractivity contribution in [2.75, 3.05) is 23.8 Å². The second kappa shape index (κ2) is 5.22. The number of anilines is 2. The second-order valence-corrected chi connectivity index (χ2v) is 5.35. The molecule has 3 rings (SSSR count). The lowest BCUT2D eigenvalue weighted by molar-refractivity contribution is -0.384. The highest BCUT2D eigenvalue weighted by Gasteiger charge is 2.34. The van der Waals surface area contributed by atoms with E-state index in [1.165, 1.54) is 25.0 Å². The number of hydrogen-bond acceptors (Lipinski definition) is 7. The average molecular weight is 278 g/mol. The van der Waals surface area contributed by atoms with Crippen LogP contribution in [0.4, 0.5) is 17.3 Å². The number of nitrogens with zero attached hydrogens (tertiary/aromatic N) is 3. The van der Waals surface area contributed by atoms with Crippen molar-refractivity contribution in [3.8, 4) is 0 Å². The third-order valence-corrected chi connectivity index (χ3v) is 3.80. The van der Waals surface area contributed by atoms with E-state index in [-0.39, 0.29) is 11.7 Å². The molecule has 0 bridgehead atoms. The minimum Gasteiger partial charge on any atom is -0.366 e. The molecule has 20 heavy (non-hydrogen) atoms. The zero-order chi connectivity index (χ0) is 14.1. The van der Waals surface area contributed by atoms with E-state index in [0.29, 0.717) is 11.6 Å². The maximum Gasteiger partial charge on any atom is 0.276 e. The minimum atomic E-state index is -0.446. The van der Waals surface area contributed by atoms with Crippen LogP contribution in [0.2, 0.25) is 0 Å². The van der Waals surface area contributed by atoms with Crippen LogP contribution in [0.3, 0.4) is 0 Å². The van der Waals surface area contributed by atoms with Gasteiger partial charge in [-0.25, -0.2) is 10.8 Å². The molecule has 4 N–H and O–H groups in total. The molecular formula is C12H18N6O2. The molecule has 1 unspecified atom stereocenters. The smallest absolute Gasteiger partial charge is 0.276 e. The molecule has 0 spiro atoms. The van der Waals surface area contributed by atoms with Gasteiger partial charge in [0.05, 0.1) is 17.1 Å². The van der Waals surface area contributed by atoms with Crippen LogP contribution >= 0.6 is 0 Å². The number of rotatable bonds is 5. The molecule has 8 heteroatoms. The molecule has 1 saturated heterocycles. The summed E-state index contributed by atoms with van der Waals surface area (Å²) in [6.45, 7) is 2.06. The van der Waals surface area contributed by atoms with Gasteiger partial charge in [0.15, 0.2) is 0 Å². The van der Waals surface area contributed by atoms with Gasteiger partial charge in [-0.05, 0) is 19.3 Å². The number of nitro groups is 1. The fraction of sp³-hybridized carbons (Fsp3) is 0.583. The Kier molecular flexibility index (Phi) is 3.41. The van der Waals surface area contributed by atoms with Crippen molar-refractivity contribution in [2.24, 2.45) is 5.84 Å². The Hall–Kier alpha value is -1.93. The fourth-order valence-corrected chi connectivity index (χ4v) is 2.66. The Morgan fingerprint density at radius 1 is 1.35 bits per heavy atom. The zero-order valence-corrected chi connectivity index (χ0v) is 11.1. The Morgan fingerprint density at radius 3 is 2.75 bits per heavy atom. The van der Waals surface area contributed by atoms with Crippen molar-refractivity contribution in [3.05, 3.63) is 22.2 Å². The Labute approximate surface area is 116 Å². The van der Waals surface area contributed by atoms with Crippen LogP contribution in [-0.4, -0.2) is 40.0 Å². The summed E-state index contributed by atoms with van der Waals surface area (Å²) in [7, 11) is 0. The fourth-order valence-electron chi connectivity index (χ4n) is 2.66. The summed E-state index contributed by atoms with van der Waals surface area (Å²) >= 11 is 0. The molecule has 1 aliphatic carbocycles. The van der Waals surface area contributed by atoms with Crippen LogP contribution in [-0.2, 0) is 0 Å². The normalized spacial score (nSPS) is 22.8. The molecule has 8 nitrogen and oxygen atoms in total. The lowest BCUT2D eigenvalue weighted by atomic mass is 10.2. The molecule has 0 radical (unpaired) electrons. The van der Waals surface area contributed by atoms with Crippen molar-refractivity contribution < 1.29 is 4.92 Å². The van der Waals surface area contributed by atoms with Gasteiger partial charge in [0, 0.05) is 25.2 Å². The van der Waals surface area contributed by atoms with Crippen LogP contribution in [0.25, 0.3) is 0 Å². The van der Waals surface area contributed by atoms with Crippen molar-refractivity contribution in [1.29, 1.82) is 0 Å². The van der Waals surface area contributed by atoms with Gasteiger partial charge in [-0.15, -0.1) is 0 Å². The first-order valence-corrected chi connectivity index (χ1v) is 6.79. The molecule has 0 amide bonds. The highest BCUT2D eigenvalue weighted by Crippen LogP contribution is 2.31. The van der Waals surface area contributed by atoms with Gasteiger partial charge in [-0.2, -0.15) is 0 Å². The molecule has 2 aliphatic rings. The molecule has 1 aliphatic heterocycles. The van der Waals surface area contributed by atoms with E-state index in [1.54, 1.807) is 0 Å². The van der Waals surface area contributed by atoms with Crippen molar-refractivity contribution in [2.45, 2.75) is 31.3 Å². The Morgan fingerprint density at radius 2 is 2.10 bits per heavy atom. The number of nitrogens with one attached hydrogen (secondary N) is 2. The van der Waals surface area contributed by atoms with Crippen molar-refractivity contribution in [1.82, 2.24) is 9.88 Å². The first kappa shape index (κ1) is 13.1. The summed E-state index contributed by atoms with van der Waals surface area (Å²) in [5, 5.41) is 14.2. The molecule has 2 heterocycles. The van der Waals surface area contributed by atoms with E-state index < -0.39 is 4.92 Å². The number of nitrogens with two attached hydrogens (primary N) is 1. The number of likely N-dealkylation sites (tertiary alicyclic amines) is 1. The van der Waals surface area contributed by atoms with Gasteiger partial charge < -0.3 is 10.7 Å². The summed E-state index contributed by atoms with van der Waals surface area (Å²) in [5.41, 5.74) is 2.34. The molecule has 0 aromatic carbocycles. The summed E-state index contributed by atoms with van der Waals surface area (Å²) in [4.78, 5) is 17.1. The predicted molar refractivity (Wildman–Crippen MR) is 75.3 cm³/mol. The van der Waals surface area contributed by atoms with Gasteiger partial charge in [0.2, 0.25) is 0 Å². The SMILES string of the molecule is NNc1cc([N+](=O)[O-])cc(NC2CCN(C3CC3)C2)n1. The van der Waals surface area contributed by atoms with Crippen LogP contribution < -0.4 is 16.6 Å². The molecule has 1 atom stereocenters. The number of pyridine rings is 1. The van der Waals surface area contributed by atoms with Crippen LogP contribution in [0.5, 0.6) is 0 Å². The third kappa shape index (κ3) is 2.81. The van der Waals surface area contributed by atoms with Crippen LogP contribution in [0.1, 0.15) is 19.3 Å². The van der Waals surface area contributed by atoms with E-state index in [9.17, 15) is 10.1 Å². The van der Waals surface area contributed by atoms with Gasteiger partial charge in [0.1, 0.15) is 11.6 Å². The minimum absolute atomic E-state index is 0.0208. The molecule has 2 fully saturated rings. The molecule has 1 aromatic rings. The highest BCUT2D eigenvalue weighted by atomic mass is 16.6. The largest absolute Gasteiger partial charge is 0.366 e.